The number of ketones is 1. The van der Waals surface area contributed by atoms with Crippen LogP contribution in [0.1, 0.15) is 15.9 Å². The molecule has 0 radical (unpaired) electrons. The standard InChI is InChI=1S/C18H15F3N4O/c1-24(2)10-8-15(26)16-14-7-4-9-22-25(14)23-17(16)12-5-3-6-13(11-12)18(19,20)21/h3-11H,1-2H3. The van der Waals surface area contributed by atoms with Gasteiger partial charge in [-0.05, 0) is 24.3 Å². The van der Waals surface area contributed by atoms with Crippen molar-refractivity contribution in [2.24, 2.45) is 0 Å². The van der Waals surface area contributed by atoms with Gasteiger partial charge in [0, 0.05) is 38.1 Å². The molecule has 0 saturated heterocycles. The second kappa shape index (κ2) is 6.62. The summed E-state index contributed by atoms with van der Waals surface area (Å²) >= 11 is 0. The lowest BCUT2D eigenvalue weighted by Gasteiger charge is -2.08. The number of rotatable bonds is 4. The molecule has 5 nitrogen and oxygen atoms in total. The van der Waals surface area contributed by atoms with E-state index in [0.29, 0.717) is 5.52 Å². The van der Waals surface area contributed by atoms with E-state index in [1.165, 1.54) is 29.0 Å². The molecule has 2 aromatic heterocycles. The first-order valence-electron chi connectivity index (χ1n) is 7.68. The second-order valence-corrected chi connectivity index (χ2v) is 5.84. The molecular weight excluding hydrogens is 345 g/mol. The van der Waals surface area contributed by atoms with Crippen molar-refractivity contribution in [2.45, 2.75) is 6.18 Å². The number of hydrogen-bond donors (Lipinski definition) is 0. The lowest BCUT2D eigenvalue weighted by molar-refractivity contribution is -0.137. The fraction of sp³-hybridized carbons (Fsp3) is 0.167. The number of carbonyl (C=O) groups is 1. The van der Waals surface area contributed by atoms with Crippen LogP contribution in [0.15, 0.2) is 54.9 Å². The number of allylic oxidation sites excluding steroid dienone is 1. The Hall–Kier alpha value is -3.16. The summed E-state index contributed by atoms with van der Waals surface area (Å²) in [5, 5.41) is 8.26. The number of nitrogens with zero attached hydrogens (tertiary/aromatic N) is 4. The van der Waals surface area contributed by atoms with Gasteiger partial charge in [-0.2, -0.15) is 22.9 Å². The molecule has 26 heavy (non-hydrogen) atoms. The zero-order chi connectivity index (χ0) is 18.9. The Morgan fingerprint density at radius 3 is 2.65 bits per heavy atom. The Labute approximate surface area is 147 Å². The van der Waals surface area contributed by atoms with E-state index < -0.39 is 11.7 Å². The van der Waals surface area contributed by atoms with E-state index >= 15 is 0 Å². The van der Waals surface area contributed by atoms with Crippen molar-refractivity contribution >= 4 is 11.3 Å². The maximum Gasteiger partial charge on any atom is 0.416 e. The molecule has 1 aromatic carbocycles. The Morgan fingerprint density at radius 1 is 1.19 bits per heavy atom. The summed E-state index contributed by atoms with van der Waals surface area (Å²) in [5.41, 5.74) is 0.182. The molecule has 0 aliphatic carbocycles. The van der Waals surface area contributed by atoms with E-state index in [9.17, 15) is 18.0 Å². The van der Waals surface area contributed by atoms with Crippen LogP contribution in [0.25, 0.3) is 16.8 Å². The Morgan fingerprint density at radius 2 is 1.96 bits per heavy atom. The van der Waals surface area contributed by atoms with Crippen molar-refractivity contribution in [3.05, 3.63) is 66.0 Å². The summed E-state index contributed by atoms with van der Waals surface area (Å²) in [6, 6.07) is 8.02. The average molecular weight is 360 g/mol. The lowest BCUT2D eigenvalue weighted by atomic mass is 10.0. The highest BCUT2D eigenvalue weighted by Gasteiger charge is 2.31. The smallest absolute Gasteiger partial charge is 0.383 e. The third-order valence-electron chi connectivity index (χ3n) is 3.65. The molecule has 0 spiro atoms. The average Bonchev–Trinajstić information content (AvgIpc) is 2.98. The highest BCUT2D eigenvalue weighted by Crippen LogP contribution is 2.33. The summed E-state index contributed by atoms with van der Waals surface area (Å²) in [6.45, 7) is 0. The number of benzene rings is 1. The van der Waals surface area contributed by atoms with Gasteiger partial charge in [0.15, 0.2) is 5.78 Å². The number of aromatic nitrogens is 3. The molecular formula is C18H15F3N4O. The SMILES string of the molecule is CN(C)C=CC(=O)c1c(-c2cccc(C(F)(F)F)c2)nn2ncccc12. The van der Waals surface area contributed by atoms with Gasteiger partial charge in [-0.15, -0.1) is 5.10 Å². The highest BCUT2D eigenvalue weighted by atomic mass is 19.4. The molecule has 3 aromatic rings. The first-order chi connectivity index (χ1) is 12.3. The molecule has 0 atom stereocenters. The summed E-state index contributed by atoms with van der Waals surface area (Å²) in [5.74, 6) is -0.367. The molecule has 0 amide bonds. The van der Waals surface area contributed by atoms with Crippen LogP contribution in [0.4, 0.5) is 13.2 Å². The van der Waals surface area contributed by atoms with Crippen molar-refractivity contribution in [1.82, 2.24) is 19.7 Å². The van der Waals surface area contributed by atoms with Crippen LogP contribution in [-0.2, 0) is 6.18 Å². The zero-order valence-electron chi connectivity index (χ0n) is 14.0. The van der Waals surface area contributed by atoms with Crippen LogP contribution in [0.5, 0.6) is 0 Å². The van der Waals surface area contributed by atoms with Crippen LogP contribution in [0.2, 0.25) is 0 Å². The minimum Gasteiger partial charge on any atom is -0.383 e. The first kappa shape index (κ1) is 17.7. The van der Waals surface area contributed by atoms with Crippen molar-refractivity contribution in [3.8, 4) is 11.3 Å². The van der Waals surface area contributed by atoms with Gasteiger partial charge < -0.3 is 4.90 Å². The van der Waals surface area contributed by atoms with Crippen molar-refractivity contribution in [3.63, 3.8) is 0 Å². The predicted molar refractivity (Wildman–Crippen MR) is 90.6 cm³/mol. The van der Waals surface area contributed by atoms with Crippen LogP contribution in [-0.4, -0.2) is 39.6 Å². The summed E-state index contributed by atoms with van der Waals surface area (Å²) in [6.07, 6.45) is -0.0819. The predicted octanol–water partition coefficient (Wildman–Crippen LogP) is 3.67. The van der Waals surface area contributed by atoms with Crippen molar-refractivity contribution in [1.29, 1.82) is 0 Å². The highest BCUT2D eigenvalue weighted by molar-refractivity contribution is 6.13. The molecule has 0 fully saturated rings. The topological polar surface area (TPSA) is 50.5 Å². The molecule has 0 N–H and O–H groups in total. The molecule has 0 aliphatic rings. The van der Waals surface area contributed by atoms with Gasteiger partial charge in [-0.25, -0.2) is 0 Å². The van der Waals surface area contributed by atoms with E-state index in [0.717, 1.165) is 12.1 Å². The maximum absolute atomic E-state index is 13.0. The van der Waals surface area contributed by atoms with Crippen LogP contribution < -0.4 is 0 Å². The number of carbonyl (C=O) groups excluding carboxylic acids is 1. The number of alkyl halides is 3. The van der Waals surface area contributed by atoms with Gasteiger partial charge in [-0.3, -0.25) is 4.79 Å². The van der Waals surface area contributed by atoms with E-state index in [4.69, 9.17) is 0 Å². The number of hydrogen-bond acceptors (Lipinski definition) is 4. The maximum atomic E-state index is 13.0. The van der Waals surface area contributed by atoms with Crippen molar-refractivity contribution in [2.75, 3.05) is 14.1 Å². The van der Waals surface area contributed by atoms with E-state index in [2.05, 4.69) is 10.2 Å². The monoisotopic (exact) mass is 360 g/mol. The first-order valence-corrected chi connectivity index (χ1v) is 7.68. The molecule has 3 rings (SSSR count). The Balaban J connectivity index is 2.20. The van der Waals surface area contributed by atoms with Crippen LogP contribution in [0, 0.1) is 0 Å². The third-order valence-corrected chi connectivity index (χ3v) is 3.65. The molecule has 2 heterocycles. The molecule has 0 unspecified atom stereocenters. The molecule has 0 saturated carbocycles. The Kier molecular flexibility index (Phi) is 4.50. The molecule has 0 bridgehead atoms. The van der Waals surface area contributed by atoms with Crippen LogP contribution in [0.3, 0.4) is 0 Å². The Bertz CT molecular complexity index is 990. The summed E-state index contributed by atoms with van der Waals surface area (Å²) in [7, 11) is 3.52. The molecule has 0 aliphatic heterocycles. The van der Waals surface area contributed by atoms with E-state index in [-0.39, 0.29) is 22.6 Å². The number of halogens is 3. The zero-order valence-corrected chi connectivity index (χ0v) is 14.0. The van der Waals surface area contributed by atoms with Gasteiger partial charge in [0.2, 0.25) is 0 Å². The van der Waals surface area contributed by atoms with Gasteiger partial charge >= 0.3 is 6.18 Å². The van der Waals surface area contributed by atoms with Crippen LogP contribution >= 0.6 is 0 Å². The fourth-order valence-electron chi connectivity index (χ4n) is 2.48. The largest absolute Gasteiger partial charge is 0.416 e. The van der Waals surface area contributed by atoms with Gasteiger partial charge in [0.05, 0.1) is 16.6 Å². The van der Waals surface area contributed by atoms with Gasteiger partial charge in [-0.1, -0.05) is 12.1 Å². The molecule has 8 heteroatoms. The lowest BCUT2D eigenvalue weighted by Crippen LogP contribution is -2.05. The van der Waals surface area contributed by atoms with Crippen molar-refractivity contribution < 1.29 is 18.0 Å². The third kappa shape index (κ3) is 3.44. The summed E-state index contributed by atoms with van der Waals surface area (Å²) < 4.78 is 40.3. The van der Waals surface area contributed by atoms with E-state index in [1.807, 2.05) is 0 Å². The number of fused-ring (bicyclic) bond motifs is 1. The fourth-order valence-corrected chi connectivity index (χ4v) is 2.48. The second-order valence-electron chi connectivity index (χ2n) is 5.84. The minimum atomic E-state index is -4.48. The van der Waals surface area contributed by atoms with Gasteiger partial charge in [0.1, 0.15) is 5.69 Å². The summed E-state index contributed by atoms with van der Waals surface area (Å²) in [4.78, 5) is 14.4. The molecule has 134 valence electrons. The van der Waals surface area contributed by atoms with E-state index in [1.54, 1.807) is 37.3 Å². The van der Waals surface area contributed by atoms with Gasteiger partial charge in [0.25, 0.3) is 0 Å². The quantitative estimate of drug-likeness (QED) is 0.526. The minimum absolute atomic E-state index is 0.156. The normalized spacial score (nSPS) is 12.0.